The Kier molecular flexibility index (Phi) is 8.80. The second-order valence-corrected chi connectivity index (χ2v) is 15.3. The van der Waals surface area contributed by atoms with E-state index in [2.05, 4.69) is 131 Å². The van der Waals surface area contributed by atoms with Crippen LogP contribution >= 0.6 is 0 Å². The molecule has 4 aromatic heterocycles. The fourth-order valence-corrected chi connectivity index (χ4v) is 9.31. The smallest absolute Gasteiger partial charge is 0.198 e. The maximum atomic E-state index is 15.2. The van der Waals surface area contributed by atoms with Crippen molar-refractivity contribution in [1.29, 1.82) is 0 Å². The van der Waals surface area contributed by atoms with Gasteiger partial charge in [0.15, 0.2) is 10.9 Å². The van der Waals surface area contributed by atoms with Gasteiger partial charge in [-0.25, -0.2) is 0 Å². The van der Waals surface area contributed by atoms with Crippen molar-refractivity contribution in [2.75, 3.05) is 0 Å². The molecule has 6 nitrogen and oxygen atoms in total. The average molecular weight is 715 g/mol. The van der Waals surface area contributed by atoms with E-state index < -0.39 is 0 Å². The molecule has 0 N–H and O–H groups in total. The molecule has 0 amide bonds. The number of nitrogens with zero attached hydrogens (tertiary/aromatic N) is 4. The molecule has 5 aromatic carbocycles. The van der Waals surface area contributed by atoms with Gasteiger partial charge in [-0.1, -0.05) is 89.8 Å². The van der Waals surface area contributed by atoms with E-state index >= 15 is 9.59 Å². The van der Waals surface area contributed by atoms with Crippen LogP contribution in [0.25, 0.3) is 87.2 Å². The lowest BCUT2D eigenvalue weighted by atomic mass is 9.99. The van der Waals surface area contributed by atoms with Crippen molar-refractivity contribution in [1.82, 2.24) is 18.3 Å². The van der Waals surface area contributed by atoms with Crippen molar-refractivity contribution in [3.8, 4) is 0 Å². The summed E-state index contributed by atoms with van der Waals surface area (Å²) in [4.78, 5) is 30.4. The zero-order chi connectivity index (χ0) is 37.1. The third-order valence-electron chi connectivity index (χ3n) is 12.0. The van der Waals surface area contributed by atoms with Crippen LogP contribution < -0.4 is 10.9 Å². The molecular formula is C48H50N4O2. The van der Waals surface area contributed by atoms with Crippen LogP contribution in [0.15, 0.2) is 94.5 Å². The Bertz CT molecular complexity index is 2840. The Balaban J connectivity index is 1.45. The molecule has 0 fully saturated rings. The number of pyridine rings is 2. The highest BCUT2D eigenvalue weighted by atomic mass is 16.1. The van der Waals surface area contributed by atoms with E-state index in [9.17, 15) is 0 Å². The van der Waals surface area contributed by atoms with Gasteiger partial charge in [-0.3, -0.25) is 9.59 Å². The number of unbranched alkanes of at least 4 members (excludes halogenated alkanes) is 4. The van der Waals surface area contributed by atoms with Crippen molar-refractivity contribution < 1.29 is 0 Å². The number of hydrogen-bond acceptors (Lipinski definition) is 2. The summed E-state index contributed by atoms with van der Waals surface area (Å²) in [5.74, 6) is 0. The minimum absolute atomic E-state index is 0.0441. The van der Waals surface area contributed by atoms with E-state index in [1.807, 2.05) is 0 Å². The molecule has 0 atom stereocenters. The molecule has 0 bridgehead atoms. The lowest BCUT2D eigenvalue weighted by molar-refractivity contribution is 0.660. The van der Waals surface area contributed by atoms with Crippen LogP contribution in [0.2, 0.25) is 0 Å². The van der Waals surface area contributed by atoms with Crippen molar-refractivity contribution in [3.63, 3.8) is 0 Å². The van der Waals surface area contributed by atoms with Crippen LogP contribution in [0.1, 0.15) is 79.1 Å². The number of rotatable bonds is 12. The van der Waals surface area contributed by atoms with Crippen LogP contribution in [0, 0.1) is 0 Å². The number of fused-ring (bicyclic) bond motifs is 12. The number of benzene rings is 5. The zero-order valence-electron chi connectivity index (χ0n) is 32.2. The summed E-state index contributed by atoms with van der Waals surface area (Å²) >= 11 is 0. The second kappa shape index (κ2) is 13.8. The Morgan fingerprint density at radius 1 is 0.352 bits per heavy atom. The molecule has 274 valence electrons. The summed E-state index contributed by atoms with van der Waals surface area (Å²) in [5, 5.41) is 7.28. The van der Waals surface area contributed by atoms with Crippen LogP contribution in [-0.4, -0.2) is 18.3 Å². The monoisotopic (exact) mass is 714 g/mol. The third-order valence-corrected chi connectivity index (χ3v) is 12.0. The van der Waals surface area contributed by atoms with Crippen LogP contribution in [-0.2, 0) is 26.2 Å². The maximum absolute atomic E-state index is 15.2. The predicted octanol–water partition coefficient (Wildman–Crippen LogP) is 12.0. The second-order valence-electron chi connectivity index (χ2n) is 15.3. The molecular weight excluding hydrogens is 665 g/mol. The standard InChI is InChI=1S/C48H50N4O2/c1-5-9-25-49-35-19-15-13-17-31(35)43-37(49)21-23-39-45(43)47(53)33-29-42-34(30-41(33)51(39)27-11-7-3)48(54)46-40(52(42)28-12-8-4)24-22-38-44(46)32-18-14-16-20-36(32)50(38)26-10-6-2/h13-24,29-30H,5-12,25-28H2,1-4H3. The summed E-state index contributed by atoms with van der Waals surface area (Å²) in [5.41, 5.74) is 8.25. The van der Waals surface area contributed by atoms with Gasteiger partial charge in [0.25, 0.3) is 0 Å². The maximum Gasteiger partial charge on any atom is 0.198 e. The lowest BCUT2D eigenvalue weighted by Gasteiger charge is -2.20. The molecule has 4 heterocycles. The van der Waals surface area contributed by atoms with E-state index in [1.54, 1.807) is 0 Å². The van der Waals surface area contributed by atoms with Crippen molar-refractivity contribution >= 4 is 87.2 Å². The molecule has 9 aromatic rings. The molecule has 0 unspecified atom stereocenters. The topological polar surface area (TPSA) is 53.9 Å². The van der Waals surface area contributed by atoms with E-state index in [0.717, 1.165) is 143 Å². The van der Waals surface area contributed by atoms with Gasteiger partial charge in [-0.05, 0) is 74.2 Å². The highest BCUT2D eigenvalue weighted by Gasteiger charge is 2.23. The largest absolute Gasteiger partial charge is 0.340 e. The van der Waals surface area contributed by atoms with Gasteiger partial charge in [0, 0.05) is 80.6 Å². The van der Waals surface area contributed by atoms with Gasteiger partial charge < -0.3 is 18.3 Å². The summed E-state index contributed by atoms with van der Waals surface area (Å²) in [7, 11) is 0. The van der Waals surface area contributed by atoms with Gasteiger partial charge in [-0.2, -0.15) is 0 Å². The fourth-order valence-electron chi connectivity index (χ4n) is 9.31. The SMILES string of the molecule is CCCCn1c2cc3c(=O)c4c5c6ccccc6n(CCCC)c5ccc4n(CCCC)c3cc2c(=O)c2c3c4ccccc4n(CCCC)c3ccc21. The minimum Gasteiger partial charge on any atom is -0.340 e. The predicted molar refractivity (Wildman–Crippen MR) is 231 cm³/mol. The first-order chi connectivity index (χ1) is 26.5. The number of aryl methyl sites for hydroxylation is 4. The molecule has 0 aliphatic carbocycles. The first kappa shape index (κ1) is 34.4. The molecule has 54 heavy (non-hydrogen) atoms. The highest BCUT2D eigenvalue weighted by molar-refractivity contribution is 6.23. The number of aromatic nitrogens is 4. The fraction of sp³-hybridized carbons (Fsp3) is 0.333. The minimum atomic E-state index is 0.0441. The quantitative estimate of drug-likeness (QED) is 0.118. The van der Waals surface area contributed by atoms with E-state index in [-0.39, 0.29) is 10.9 Å². The summed E-state index contributed by atoms with van der Waals surface area (Å²) < 4.78 is 9.48. The first-order valence-electron chi connectivity index (χ1n) is 20.4. The zero-order valence-corrected chi connectivity index (χ0v) is 32.2. The molecule has 0 aliphatic rings. The Hall–Kier alpha value is -5.36. The molecule has 0 saturated heterocycles. The van der Waals surface area contributed by atoms with Crippen molar-refractivity contribution in [2.24, 2.45) is 0 Å². The molecule has 6 heteroatoms. The van der Waals surface area contributed by atoms with E-state index in [4.69, 9.17) is 0 Å². The molecule has 0 radical (unpaired) electrons. The van der Waals surface area contributed by atoms with Crippen molar-refractivity contribution in [2.45, 2.75) is 105 Å². The van der Waals surface area contributed by atoms with Gasteiger partial charge in [0.05, 0.1) is 32.8 Å². The van der Waals surface area contributed by atoms with Crippen LogP contribution in [0.3, 0.4) is 0 Å². The lowest BCUT2D eigenvalue weighted by Crippen LogP contribution is -2.16. The Morgan fingerprint density at radius 2 is 0.667 bits per heavy atom. The summed E-state index contributed by atoms with van der Waals surface area (Å²) in [6.45, 7) is 12.2. The molecule has 9 rings (SSSR count). The van der Waals surface area contributed by atoms with Gasteiger partial charge >= 0.3 is 0 Å². The normalized spacial score (nSPS) is 12.4. The van der Waals surface area contributed by atoms with E-state index in [1.165, 1.54) is 11.0 Å². The molecule has 0 aliphatic heterocycles. The first-order valence-corrected chi connectivity index (χ1v) is 20.4. The molecule has 0 saturated carbocycles. The van der Waals surface area contributed by atoms with Gasteiger partial charge in [0.2, 0.25) is 0 Å². The Labute approximate surface area is 315 Å². The summed E-state index contributed by atoms with van der Waals surface area (Å²) in [6.07, 6.45) is 8.34. The highest BCUT2D eigenvalue weighted by Crippen LogP contribution is 2.38. The third kappa shape index (κ3) is 5.05. The van der Waals surface area contributed by atoms with Crippen LogP contribution in [0.4, 0.5) is 0 Å². The summed E-state index contributed by atoms with van der Waals surface area (Å²) in [6, 6.07) is 30.0. The van der Waals surface area contributed by atoms with Crippen molar-refractivity contribution in [3.05, 3.63) is 105 Å². The number of para-hydroxylation sites is 2. The van der Waals surface area contributed by atoms with Gasteiger partial charge in [0.1, 0.15) is 0 Å². The van der Waals surface area contributed by atoms with Gasteiger partial charge in [-0.15, -0.1) is 0 Å². The van der Waals surface area contributed by atoms with E-state index in [0.29, 0.717) is 10.8 Å². The molecule has 0 spiro atoms. The Morgan fingerprint density at radius 3 is 1.02 bits per heavy atom. The number of hydrogen-bond donors (Lipinski definition) is 0. The van der Waals surface area contributed by atoms with Crippen LogP contribution in [0.5, 0.6) is 0 Å². The average Bonchev–Trinajstić information content (AvgIpc) is 3.70.